The Morgan fingerprint density at radius 3 is 2.60 bits per heavy atom. The first-order chi connectivity index (χ1) is 14.6. The Labute approximate surface area is 181 Å². The molecular formula is C23H26N6S. The lowest BCUT2D eigenvalue weighted by atomic mass is 10.1. The van der Waals surface area contributed by atoms with E-state index < -0.39 is 0 Å². The van der Waals surface area contributed by atoms with Crippen LogP contribution in [0.1, 0.15) is 11.4 Å². The van der Waals surface area contributed by atoms with Gasteiger partial charge in [0.25, 0.3) is 0 Å². The molecule has 0 saturated heterocycles. The minimum Gasteiger partial charge on any atom is -0.354 e. The largest absolute Gasteiger partial charge is 0.354 e. The van der Waals surface area contributed by atoms with Gasteiger partial charge in [-0.2, -0.15) is 4.98 Å². The summed E-state index contributed by atoms with van der Waals surface area (Å²) >= 11 is 1.70. The fraction of sp³-hybridized carbons (Fsp3) is 0.261. The molecule has 0 spiro atoms. The zero-order chi connectivity index (χ0) is 20.9. The summed E-state index contributed by atoms with van der Waals surface area (Å²) < 4.78 is 1.19. The number of hydrogen-bond acceptors (Lipinski definition) is 7. The number of aryl methyl sites for hydroxylation is 1. The van der Waals surface area contributed by atoms with Crippen LogP contribution in [0.2, 0.25) is 0 Å². The molecule has 0 atom stereocenters. The summed E-state index contributed by atoms with van der Waals surface area (Å²) in [5.74, 6) is 1.38. The van der Waals surface area contributed by atoms with Crippen molar-refractivity contribution in [1.29, 1.82) is 0 Å². The Morgan fingerprint density at radius 1 is 0.967 bits per heavy atom. The predicted molar refractivity (Wildman–Crippen MR) is 127 cm³/mol. The standard InChI is InChI=1S/C23H26N6S/c1-16-25-20-14-18(10-11-21(20)30-16)26-22-15-19(17-8-5-4-6-9-17)27-23(28-22)24-12-7-13-29(2)3/h4-6,8-11,14-15H,7,12-13H2,1-3H3,(H2,24,26,27,28). The third kappa shape index (κ3) is 5.11. The van der Waals surface area contributed by atoms with E-state index in [-0.39, 0.29) is 0 Å². The van der Waals surface area contributed by atoms with E-state index in [1.807, 2.05) is 31.2 Å². The molecule has 2 heterocycles. The number of benzene rings is 2. The van der Waals surface area contributed by atoms with Gasteiger partial charge in [0.05, 0.1) is 20.9 Å². The smallest absolute Gasteiger partial charge is 0.225 e. The van der Waals surface area contributed by atoms with Crippen molar-refractivity contribution in [2.75, 3.05) is 37.8 Å². The first-order valence-corrected chi connectivity index (χ1v) is 10.9. The van der Waals surface area contributed by atoms with Crippen LogP contribution in [0.5, 0.6) is 0 Å². The Morgan fingerprint density at radius 2 is 1.80 bits per heavy atom. The molecule has 0 fully saturated rings. The van der Waals surface area contributed by atoms with Crippen molar-refractivity contribution < 1.29 is 0 Å². The van der Waals surface area contributed by atoms with E-state index >= 15 is 0 Å². The highest BCUT2D eigenvalue weighted by atomic mass is 32.1. The van der Waals surface area contributed by atoms with Gasteiger partial charge in [-0.15, -0.1) is 11.3 Å². The highest BCUT2D eigenvalue weighted by molar-refractivity contribution is 7.18. The molecule has 154 valence electrons. The average Bonchev–Trinajstić information content (AvgIpc) is 3.11. The monoisotopic (exact) mass is 418 g/mol. The maximum atomic E-state index is 4.73. The van der Waals surface area contributed by atoms with E-state index in [0.29, 0.717) is 5.95 Å². The van der Waals surface area contributed by atoms with Crippen molar-refractivity contribution >= 4 is 39.0 Å². The Balaban J connectivity index is 1.60. The first kappa shape index (κ1) is 20.3. The van der Waals surface area contributed by atoms with E-state index in [9.17, 15) is 0 Å². The summed E-state index contributed by atoms with van der Waals surface area (Å²) in [7, 11) is 4.16. The number of hydrogen-bond donors (Lipinski definition) is 2. The van der Waals surface area contributed by atoms with Crippen LogP contribution in [0, 0.1) is 6.92 Å². The molecule has 7 heteroatoms. The van der Waals surface area contributed by atoms with Crippen LogP contribution in [-0.4, -0.2) is 47.0 Å². The van der Waals surface area contributed by atoms with Crippen LogP contribution in [0.3, 0.4) is 0 Å². The van der Waals surface area contributed by atoms with Crippen molar-refractivity contribution in [2.45, 2.75) is 13.3 Å². The second-order valence-corrected chi connectivity index (χ2v) is 8.69. The van der Waals surface area contributed by atoms with Gasteiger partial charge in [0.1, 0.15) is 5.82 Å². The van der Waals surface area contributed by atoms with Crippen LogP contribution in [0.25, 0.3) is 21.5 Å². The molecule has 0 bridgehead atoms. The quantitative estimate of drug-likeness (QED) is 0.385. The number of fused-ring (bicyclic) bond motifs is 1. The van der Waals surface area contributed by atoms with Crippen molar-refractivity contribution in [3.05, 3.63) is 59.6 Å². The van der Waals surface area contributed by atoms with Crippen molar-refractivity contribution in [3.8, 4) is 11.3 Å². The number of aromatic nitrogens is 3. The van der Waals surface area contributed by atoms with Crippen LogP contribution in [0.4, 0.5) is 17.5 Å². The highest BCUT2D eigenvalue weighted by Gasteiger charge is 2.08. The molecule has 2 N–H and O–H groups in total. The topological polar surface area (TPSA) is 66.0 Å². The molecule has 2 aromatic heterocycles. The van der Waals surface area contributed by atoms with Gasteiger partial charge >= 0.3 is 0 Å². The van der Waals surface area contributed by atoms with E-state index in [4.69, 9.17) is 9.97 Å². The minimum atomic E-state index is 0.628. The van der Waals surface area contributed by atoms with Gasteiger partial charge in [0, 0.05) is 23.9 Å². The van der Waals surface area contributed by atoms with Crippen LogP contribution >= 0.6 is 11.3 Å². The lowest BCUT2D eigenvalue weighted by molar-refractivity contribution is 0.405. The molecule has 6 nitrogen and oxygen atoms in total. The fourth-order valence-electron chi connectivity index (χ4n) is 3.21. The van der Waals surface area contributed by atoms with Crippen LogP contribution in [-0.2, 0) is 0 Å². The van der Waals surface area contributed by atoms with E-state index in [2.05, 4.69) is 64.9 Å². The first-order valence-electron chi connectivity index (χ1n) is 10.0. The van der Waals surface area contributed by atoms with E-state index in [1.165, 1.54) is 4.70 Å². The molecule has 4 aromatic rings. The lowest BCUT2D eigenvalue weighted by Gasteiger charge is -2.13. The molecule has 0 aliphatic carbocycles. The molecule has 30 heavy (non-hydrogen) atoms. The third-order valence-electron chi connectivity index (χ3n) is 4.63. The van der Waals surface area contributed by atoms with Gasteiger partial charge in [-0.05, 0) is 52.2 Å². The van der Waals surface area contributed by atoms with Crippen LogP contribution in [0.15, 0.2) is 54.6 Å². The number of rotatable bonds is 8. The van der Waals surface area contributed by atoms with Crippen LogP contribution < -0.4 is 10.6 Å². The molecule has 2 aromatic carbocycles. The maximum absolute atomic E-state index is 4.73. The molecule has 0 radical (unpaired) electrons. The van der Waals surface area contributed by atoms with Gasteiger partial charge in [-0.3, -0.25) is 0 Å². The Kier molecular flexibility index (Phi) is 6.21. The van der Waals surface area contributed by atoms with Crippen molar-refractivity contribution in [1.82, 2.24) is 19.9 Å². The molecule has 0 saturated carbocycles. The van der Waals surface area contributed by atoms with Gasteiger partial charge < -0.3 is 15.5 Å². The zero-order valence-electron chi connectivity index (χ0n) is 17.5. The number of thiazole rings is 1. The molecule has 0 aliphatic rings. The van der Waals surface area contributed by atoms with E-state index in [1.54, 1.807) is 11.3 Å². The molecule has 0 unspecified atom stereocenters. The minimum absolute atomic E-state index is 0.628. The third-order valence-corrected chi connectivity index (χ3v) is 5.58. The molecule has 4 rings (SSSR count). The second-order valence-electron chi connectivity index (χ2n) is 7.45. The summed E-state index contributed by atoms with van der Waals surface area (Å²) in [4.78, 5) is 16.2. The van der Waals surface area contributed by atoms with Gasteiger partial charge in [0.2, 0.25) is 5.95 Å². The SMILES string of the molecule is Cc1nc2cc(Nc3cc(-c4ccccc4)nc(NCCCN(C)C)n3)ccc2s1. The number of nitrogens with one attached hydrogen (secondary N) is 2. The van der Waals surface area contributed by atoms with Gasteiger partial charge in [-0.25, -0.2) is 9.97 Å². The fourth-order valence-corrected chi connectivity index (χ4v) is 4.02. The molecule has 0 amide bonds. The predicted octanol–water partition coefficient (Wildman–Crippen LogP) is 5.17. The van der Waals surface area contributed by atoms with Gasteiger partial charge in [-0.1, -0.05) is 30.3 Å². The van der Waals surface area contributed by atoms with E-state index in [0.717, 1.165) is 52.8 Å². The van der Waals surface area contributed by atoms with Crippen molar-refractivity contribution in [3.63, 3.8) is 0 Å². The molecule has 0 aliphatic heterocycles. The zero-order valence-corrected chi connectivity index (χ0v) is 18.3. The number of anilines is 3. The average molecular weight is 419 g/mol. The Hall–Kier alpha value is -3.03. The highest BCUT2D eigenvalue weighted by Crippen LogP contribution is 2.27. The Bertz CT molecular complexity index is 1120. The lowest BCUT2D eigenvalue weighted by Crippen LogP contribution is -2.17. The number of nitrogens with zero attached hydrogens (tertiary/aromatic N) is 4. The summed E-state index contributed by atoms with van der Waals surface area (Å²) in [6.45, 7) is 3.87. The summed E-state index contributed by atoms with van der Waals surface area (Å²) in [6, 6.07) is 18.4. The van der Waals surface area contributed by atoms with Gasteiger partial charge in [0.15, 0.2) is 0 Å². The summed E-state index contributed by atoms with van der Waals surface area (Å²) in [6.07, 6.45) is 1.02. The summed E-state index contributed by atoms with van der Waals surface area (Å²) in [5, 5.41) is 7.87. The van der Waals surface area contributed by atoms with Crippen molar-refractivity contribution in [2.24, 2.45) is 0 Å². The normalized spacial score (nSPS) is 11.2. The summed E-state index contributed by atoms with van der Waals surface area (Å²) in [5.41, 5.74) is 3.91. The second kappa shape index (κ2) is 9.19. The maximum Gasteiger partial charge on any atom is 0.225 e. The molecular weight excluding hydrogens is 392 g/mol.